The largest absolute Gasteiger partial charge is 0.480 e. The summed E-state index contributed by atoms with van der Waals surface area (Å²) in [5.74, 6) is -1.37. The molecule has 0 radical (unpaired) electrons. The van der Waals surface area contributed by atoms with Crippen molar-refractivity contribution in [2.45, 2.75) is 10.9 Å². The average molecular weight is 319 g/mol. The van der Waals surface area contributed by atoms with E-state index in [9.17, 15) is 13.2 Å². The van der Waals surface area contributed by atoms with E-state index in [4.69, 9.17) is 22.0 Å². The molecule has 0 aliphatic carbocycles. The first-order valence-corrected chi connectivity index (χ1v) is 7.11. The van der Waals surface area contributed by atoms with E-state index in [0.29, 0.717) is 0 Å². The van der Waals surface area contributed by atoms with Crippen molar-refractivity contribution in [3.8, 4) is 6.07 Å². The van der Waals surface area contributed by atoms with Gasteiger partial charge < -0.3 is 9.84 Å². The molecule has 0 fully saturated rings. The van der Waals surface area contributed by atoms with E-state index in [1.54, 1.807) is 0 Å². The zero-order chi connectivity index (χ0) is 15.3. The highest BCUT2D eigenvalue weighted by molar-refractivity contribution is 7.89. The molecule has 0 aromatic heterocycles. The van der Waals surface area contributed by atoms with Gasteiger partial charge in [-0.15, -0.1) is 0 Å². The van der Waals surface area contributed by atoms with Crippen LogP contribution in [0.4, 0.5) is 0 Å². The molecule has 20 heavy (non-hydrogen) atoms. The third-order valence-electron chi connectivity index (χ3n) is 2.28. The number of nitrogens with zero attached hydrogens (tertiary/aromatic N) is 1. The molecule has 7 nitrogen and oxygen atoms in total. The number of aliphatic carboxylic acids is 1. The van der Waals surface area contributed by atoms with E-state index in [1.165, 1.54) is 19.2 Å². The number of benzene rings is 1. The predicted octanol–water partition coefficient (Wildman–Crippen LogP) is 0.590. The number of halogens is 1. The van der Waals surface area contributed by atoms with Gasteiger partial charge in [0.05, 0.1) is 23.3 Å². The number of nitriles is 1. The second-order valence-corrected chi connectivity index (χ2v) is 5.81. The summed E-state index contributed by atoms with van der Waals surface area (Å²) in [6.07, 6.45) is 0. The van der Waals surface area contributed by atoms with Crippen LogP contribution >= 0.6 is 11.6 Å². The highest BCUT2D eigenvalue weighted by Crippen LogP contribution is 2.22. The lowest BCUT2D eigenvalue weighted by Gasteiger charge is -2.14. The molecule has 0 heterocycles. The van der Waals surface area contributed by atoms with Crippen LogP contribution in [0.15, 0.2) is 23.1 Å². The molecule has 0 saturated heterocycles. The molecule has 1 aromatic carbocycles. The van der Waals surface area contributed by atoms with Gasteiger partial charge in [0.2, 0.25) is 10.0 Å². The average Bonchev–Trinajstić information content (AvgIpc) is 2.37. The molecule has 1 aromatic rings. The third kappa shape index (κ3) is 3.91. The first-order valence-electron chi connectivity index (χ1n) is 5.25. The number of carboxylic acids is 1. The number of nitrogens with one attached hydrogen (secondary N) is 1. The Morgan fingerprint density at radius 1 is 1.60 bits per heavy atom. The second-order valence-electron chi connectivity index (χ2n) is 3.72. The van der Waals surface area contributed by atoms with Crippen LogP contribution in [-0.2, 0) is 19.6 Å². The van der Waals surface area contributed by atoms with Gasteiger partial charge in [-0.1, -0.05) is 11.6 Å². The lowest BCUT2D eigenvalue weighted by molar-refractivity contribution is -0.140. The summed E-state index contributed by atoms with van der Waals surface area (Å²) < 4.78 is 30.7. The Bertz CT molecular complexity index is 653. The van der Waals surface area contributed by atoms with E-state index in [0.717, 1.165) is 6.07 Å². The van der Waals surface area contributed by atoms with Crippen molar-refractivity contribution in [2.75, 3.05) is 13.7 Å². The Morgan fingerprint density at radius 3 is 2.70 bits per heavy atom. The van der Waals surface area contributed by atoms with Gasteiger partial charge in [-0.05, 0) is 18.2 Å². The molecule has 2 N–H and O–H groups in total. The lowest BCUT2D eigenvalue weighted by Crippen LogP contribution is -2.43. The van der Waals surface area contributed by atoms with Gasteiger partial charge in [-0.3, -0.25) is 4.79 Å². The minimum atomic E-state index is -4.13. The van der Waals surface area contributed by atoms with Crippen LogP contribution in [0.3, 0.4) is 0 Å². The van der Waals surface area contributed by atoms with Crippen molar-refractivity contribution >= 4 is 27.6 Å². The summed E-state index contributed by atoms with van der Waals surface area (Å²) in [5.41, 5.74) is 0.195. The van der Waals surface area contributed by atoms with Crippen molar-refractivity contribution in [2.24, 2.45) is 0 Å². The fraction of sp³-hybridized carbons (Fsp3) is 0.273. The number of hydrogen-bond donors (Lipinski definition) is 2. The van der Waals surface area contributed by atoms with E-state index < -0.39 is 22.0 Å². The fourth-order valence-electron chi connectivity index (χ4n) is 1.36. The summed E-state index contributed by atoms with van der Waals surface area (Å²) in [6.45, 7) is -0.331. The first-order chi connectivity index (χ1) is 9.31. The summed E-state index contributed by atoms with van der Waals surface area (Å²) in [4.78, 5) is 10.6. The number of sulfonamides is 1. The van der Waals surface area contributed by atoms with Gasteiger partial charge >= 0.3 is 5.97 Å². The highest BCUT2D eigenvalue weighted by atomic mass is 35.5. The molecular formula is C11H11ClN2O5S. The molecule has 0 saturated carbocycles. The van der Waals surface area contributed by atoms with Gasteiger partial charge in [0.1, 0.15) is 10.9 Å². The molecule has 0 spiro atoms. The smallest absolute Gasteiger partial charge is 0.324 e. The van der Waals surface area contributed by atoms with Crippen LogP contribution in [0.2, 0.25) is 5.02 Å². The van der Waals surface area contributed by atoms with Crippen LogP contribution < -0.4 is 4.72 Å². The van der Waals surface area contributed by atoms with Crippen molar-refractivity contribution in [3.63, 3.8) is 0 Å². The molecule has 1 rings (SSSR count). The third-order valence-corrected chi connectivity index (χ3v) is 4.23. The molecule has 1 atom stereocenters. The molecule has 0 bridgehead atoms. The van der Waals surface area contributed by atoms with Crippen molar-refractivity contribution in [1.29, 1.82) is 5.26 Å². The topological polar surface area (TPSA) is 116 Å². The minimum Gasteiger partial charge on any atom is -0.480 e. The van der Waals surface area contributed by atoms with Gasteiger partial charge in [0.15, 0.2) is 0 Å². The van der Waals surface area contributed by atoms with Crippen molar-refractivity contribution in [3.05, 3.63) is 28.8 Å². The highest BCUT2D eigenvalue weighted by Gasteiger charge is 2.26. The van der Waals surface area contributed by atoms with E-state index in [1.807, 2.05) is 10.8 Å². The summed E-state index contributed by atoms with van der Waals surface area (Å²) in [6, 6.07) is 3.97. The number of hydrogen-bond acceptors (Lipinski definition) is 5. The number of carbonyl (C=O) groups is 1. The summed E-state index contributed by atoms with van der Waals surface area (Å²) >= 11 is 5.78. The Morgan fingerprint density at radius 2 is 2.25 bits per heavy atom. The van der Waals surface area contributed by atoms with Crippen LogP contribution in [0, 0.1) is 11.3 Å². The number of rotatable bonds is 6. The maximum absolute atomic E-state index is 12.0. The zero-order valence-corrected chi connectivity index (χ0v) is 11.9. The quantitative estimate of drug-likeness (QED) is 0.793. The predicted molar refractivity (Wildman–Crippen MR) is 69.8 cm³/mol. The fourth-order valence-corrected chi connectivity index (χ4v) is 3.08. The van der Waals surface area contributed by atoms with Crippen LogP contribution in [-0.4, -0.2) is 39.3 Å². The van der Waals surface area contributed by atoms with Gasteiger partial charge in [0.25, 0.3) is 0 Å². The maximum Gasteiger partial charge on any atom is 0.324 e. The Balaban J connectivity index is 3.11. The molecule has 0 amide bonds. The molecule has 1 unspecified atom stereocenters. The SMILES string of the molecule is COCC(NS(=O)(=O)c1ccc(C#N)cc1Cl)C(=O)O. The Kier molecular flexibility index (Phi) is 5.47. The van der Waals surface area contributed by atoms with Crippen LogP contribution in [0.1, 0.15) is 5.56 Å². The normalized spacial score (nSPS) is 12.7. The maximum atomic E-state index is 12.0. The Labute approximate surface area is 120 Å². The molecule has 9 heteroatoms. The zero-order valence-electron chi connectivity index (χ0n) is 10.3. The monoisotopic (exact) mass is 318 g/mol. The van der Waals surface area contributed by atoms with E-state index >= 15 is 0 Å². The van der Waals surface area contributed by atoms with E-state index in [-0.39, 0.29) is 22.1 Å². The molecule has 0 aliphatic heterocycles. The standard InChI is InChI=1S/C11H11ClN2O5S/c1-19-6-9(11(15)16)14-20(17,18)10-3-2-7(5-13)4-8(10)12/h2-4,9,14H,6H2,1H3,(H,15,16). The summed E-state index contributed by atoms with van der Waals surface area (Å²) in [5, 5.41) is 17.4. The van der Waals surface area contributed by atoms with Crippen LogP contribution in [0.25, 0.3) is 0 Å². The first kappa shape index (κ1) is 16.4. The molecule has 108 valence electrons. The van der Waals surface area contributed by atoms with Crippen molar-refractivity contribution < 1.29 is 23.1 Å². The van der Waals surface area contributed by atoms with Crippen LogP contribution in [0.5, 0.6) is 0 Å². The minimum absolute atomic E-state index is 0.168. The molecular weight excluding hydrogens is 308 g/mol. The van der Waals surface area contributed by atoms with E-state index in [2.05, 4.69) is 4.74 Å². The van der Waals surface area contributed by atoms with Gasteiger partial charge in [0, 0.05) is 7.11 Å². The second kappa shape index (κ2) is 6.67. The Hall–Kier alpha value is -1.66. The number of methoxy groups -OCH3 is 1. The lowest BCUT2D eigenvalue weighted by atomic mass is 10.2. The van der Waals surface area contributed by atoms with Gasteiger partial charge in [-0.25, -0.2) is 8.42 Å². The number of ether oxygens (including phenoxy) is 1. The number of carboxylic acid groups (broad SMARTS) is 1. The summed E-state index contributed by atoms with van der Waals surface area (Å²) in [7, 11) is -2.89. The van der Waals surface area contributed by atoms with Crippen molar-refractivity contribution in [1.82, 2.24) is 4.72 Å². The van der Waals surface area contributed by atoms with Gasteiger partial charge in [-0.2, -0.15) is 9.98 Å². The molecule has 0 aliphatic rings.